The zero-order chi connectivity index (χ0) is 16.9. The number of methoxy groups -OCH3 is 1. The lowest BCUT2D eigenvalue weighted by atomic mass is 9.81. The average molecular weight is 325 g/mol. The first kappa shape index (κ1) is 18.2. The van der Waals surface area contributed by atoms with Crippen LogP contribution < -0.4 is 0 Å². The predicted molar refractivity (Wildman–Crippen MR) is 88.1 cm³/mol. The molecule has 0 aromatic carbocycles. The summed E-state index contributed by atoms with van der Waals surface area (Å²) in [6, 6.07) is 0. The van der Waals surface area contributed by atoms with Gasteiger partial charge in [0, 0.05) is 26.1 Å². The number of carbonyl (C=O) groups is 2. The van der Waals surface area contributed by atoms with Gasteiger partial charge in [-0.2, -0.15) is 0 Å². The van der Waals surface area contributed by atoms with Crippen molar-refractivity contribution in [3.05, 3.63) is 0 Å². The van der Waals surface area contributed by atoms with Gasteiger partial charge in [-0.3, -0.25) is 9.59 Å². The van der Waals surface area contributed by atoms with Crippen molar-refractivity contribution >= 4 is 11.9 Å². The minimum Gasteiger partial charge on any atom is -0.481 e. The van der Waals surface area contributed by atoms with Crippen molar-refractivity contribution in [3.8, 4) is 0 Å². The molecule has 0 aromatic heterocycles. The summed E-state index contributed by atoms with van der Waals surface area (Å²) in [6.45, 7) is 3.07. The Labute approximate surface area is 139 Å². The van der Waals surface area contributed by atoms with Gasteiger partial charge in [-0.15, -0.1) is 0 Å². The normalized spacial score (nSPS) is 27.1. The van der Waals surface area contributed by atoms with Crippen LogP contribution in [0.15, 0.2) is 0 Å². The standard InChI is InChI=1S/C18H31NO4/c1-3-15(11-14-7-5-4-6-8-14)16(20)19-10-9-18(12-19,13-23-2)17(21)22/h14-15H,3-13H2,1-2H3,(H,21,22). The molecule has 2 rings (SSSR count). The molecule has 1 saturated heterocycles. The van der Waals surface area contributed by atoms with Crippen LogP contribution in [0, 0.1) is 17.3 Å². The lowest BCUT2D eigenvalue weighted by Crippen LogP contribution is -2.42. The van der Waals surface area contributed by atoms with Gasteiger partial charge in [-0.25, -0.2) is 0 Å². The molecule has 0 radical (unpaired) electrons. The van der Waals surface area contributed by atoms with E-state index in [9.17, 15) is 14.7 Å². The molecule has 23 heavy (non-hydrogen) atoms. The molecule has 0 aromatic rings. The first-order valence-corrected chi connectivity index (χ1v) is 9.03. The second-order valence-corrected chi connectivity index (χ2v) is 7.37. The van der Waals surface area contributed by atoms with Crippen molar-refractivity contribution in [3.63, 3.8) is 0 Å². The van der Waals surface area contributed by atoms with Gasteiger partial charge < -0.3 is 14.7 Å². The van der Waals surface area contributed by atoms with Gasteiger partial charge in [0.1, 0.15) is 5.41 Å². The van der Waals surface area contributed by atoms with Crippen molar-refractivity contribution in [2.45, 2.75) is 58.3 Å². The fraction of sp³-hybridized carbons (Fsp3) is 0.889. The van der Waals surface area contributed by atoms with Crippen LogP contribution in [0.3, 0.4) is 0 Å². The summed E-state index contributed by atoms with van der Waals surface area (Å²) < 4.78 is 5.11. The molecule has 5 nitrogen and oxygen atoms in total. The Hall–Kier alpha value is -1.10. The van der Waals surface area contributed by atoms with Gasteiger partial charge in [-0.05, 0) is 25.2 Å². The molecule has 2 aliphatic rings. The van der Waals surface area contributed by atoms with Gasteiger partial charge >= 0.3 is 5.97 Å². The van der Waals surface area contributed by atoms with E-state index in [1.807, 2.05) is 0 Å². The molecular formula is C18H31NO4. The van der Waals surface area contributed by atoms with Crippen molar-refractivity contribution in [1.29, 1.82) is 0 Å². The first-order chi connectivity index (χ1) is 11.0. The van der Waals surface area contributed by atoms with Gasteiger partial charge in [0.25, 0.3) is 0 Å². The number of amides is 1. The maximum atomic E-state index is 12.9. The molecule has 2 fully saturated rings. The summed E-state index contributed by atoms with van der Waals surface area (Å²) in [5, 5.41) is 9.53. The Kier molecular flexibility index (Phi) is 6.45. The Morgan fingerprint density at radius 2 is 2.00 bits per heavy atom. The molecule has 1 aliphatic carbocycles. The van der Waals surface area contributed by atoms with Crippen molar-refractivity contribution in [2.24, 2.45) is 17.3 Å². The van der Waals surface area contributed by atoms with E-state index in [0.29, 0.717) is 18.9 Å². The number of likely N-dealkylation sites (tertiary alicyclic amines) is 1. The van der Waals surface area contributed by atoms with E-state index in [0.717, 1.165) is 12.8 Å². The van der Waals surface area contributed by atoms with Crippen LogP contribution in [0.2, 0.25) is 0 Å². The van der Waals surface area contributed by atoms with Crippen LogP contribution >= 0.6 is 0 Å². The van der Waals surface area contributed by atoms with Crippen LogP contribution in [0.1, 0.15) is 58.3 Å². The molecule has 1 N–H and O–H groups in total. The Balaban J connectivity index is 1.96. The van der Waals surface area contributed by atoms with Gasteiger partial charge in [0.05, 0.1) is 6.61 Å². The van der Waals surface area contributed by atoms with E-state index in [-0.39, 0.29) is 25.0 Å². The van der Waals surface area contributed by atoms with Crippen LogP contribution in [0.5, 0.6) is 0 Å². The van der Waals surface area contributed by atoms with E-state index >= 15 is 0 Å². The third kappa shape index (κ3) is 4.25. The quantitative estimate of drug-likeness (QED) is 0.781. The van der Waals surface area contributed by atoms with Crippen LogP contribution in [0.4, 0.5) is 0 Å². The molecule has 1 saturated carbocycles. The molecular weight excluding hydrogens is 294 g/mol. The Bertz CT molecular complexity index is 419. The molecule has 2 atom stereocenters. The molecule has 2 unspecified atom stereocenters. The molecule has 1 amide bonds. The lowest BCUT2D eigenvalue weighted by Gasteiger charge is -2.29. The highest BCUT2D eigenvalue weighted by atomic mass is 16.5. The monoisotopic (exact) mass is 325 g/mol. The molecule has 5 heteroatoms. The van der Waals surface area contributed by atoms with Gasteiger partial charge in [-0.1, -0.05) is 39.0 Å². The van der Waals surface area contributed by atoms with E-state index in [4.69, 9.17) is 4.74 Å². The van der Waals surface area contributed by atoms with Crippen molar-refractivity contribution < 1.29 is 19.4 Å². The molecule has 1 aliphatic heterocycles. The summed E-state index contributed by atoms with van der Waals surface area (Å²) in [6.07, 6.45) is 8.68. The minimum atomic E-state index is -0.923. The number of ether oxygens (including phenoxy) is 1. The minimum absolute atomic E-state index is 0.0465. The zero-order valence-corrected chi connectivity index (χ0v) is 14.6. The van der Waals surface area contributed by atoms with Crippen molar-refractivity contribution in [2.75, 3.05) is 26.8 Å². The predicted octanol–water partition coefficient (Wildman–Crippen LogP) is 2.93. The molecule has 0 bridgehead atoms. The van der Waals surface area contributed by atoms with E-state index in [2.05, 4.69) is 6.92 Å². The number of aliphatic carboxylic acids is 1. The molecule has 1 heterocycles. The second kappa shape index (κ2) is 8.13. The van der Waals surface area contributed by atoms with E-state index in [1.54, 1.807) is 4.90 Å². The largest absolute Gasteiger partial charge is 0.481 e. The van der Waals surface area contributed by atoms with E-state index in [1.165, 1.54) is 39.2 Å². The highest BCUT2D eigenvalue weighted by molar-refractivity contribution is 5.82. The zero-order valence-electron chi connectivity index (χ0n) is 14.6. The maximum Gasteiger partial charge on any atom is 0.313 e. The second-order valence-electron chi connectivity index (χ2n) is 7.37. The topological polar surface area (TPSA) is 66.8 Å². The lowest BCUT2D eigenvalue weighted by molar-refractivity contribution is -0.152. The number of hydrogen-bond donors (Lipinski definition) is 1. The van der Waals surface area contributed by atoms with Gasteiger partial charge in [0.2, 0.25) is 5.91 Å². The highest BCUT2D eigenvalue weighted by Crippen LogP contribution is 2.35. The average Bonchev–Trinajstić information content (AvgIpc) is 2.99. The number of hydrogen-bond acceptors (Lipinski definition) is 3. The summed E-state index contributed by atoms with van der Waals surface area (Å²) in [5.74, 6) is 0.0148. The summed E-state index contributed by atoms with van der Waals surface area (Å²) in [4.78, 5) is 26.2. The molecule has 132 valence electrons. The third-order valence-electron chi connectivity index (χ3n) is 5.72. The smallest absolute Gasteiger partial charge is 0.313 e. The van der Waals surface area contributed by atoms with Crippen molar-refractivity contribution in [1.82, 2.24) is 4.90 Å². The van der Waals surface area contributed by atoms with Gasteiger partial charge in [0.15, 0.2) is 0 Å². The third-order valence-corrected chi connectivity index (χ3v) is 5.72. The number of carboxylic acids is 1. The number of rotatable bonds is 7. The summed E-state index contributed by atoms with van der Waals surface area (Å²) in [5.41, 5.74) is -0.923. The molecule has 0 spiro atoms. The highest BCUT2D eigenvalue weighted by Gasteiger charge is 2.47. The summed E-state index contributed by atoms with van der Waals surface area (Å²) >= 11 is 0. The van der Waals surface area contributed by atoms with Crippen LogP contribution in [-0.4, -0.2) is 48.7 Å². The van der Waals surface area contributed by atoms with Crippen LogP contribution in [0.25, 0.3) is 0 Å². The Morgan fingerprint density at radius 3 is 2.57 bits per heavy atom. The SMILES string of the molecule is CCC(CC1CCCCC1)C(=O)N1CCC(COC)(C(=O)O)C1. The number of carboxylic acid groups (broad SMARTS) is 1. The fourth-order valence-corrected chi connectivity index (χ4v) is 4.22. The fourth-order valence-electron chi connectivity index (χ4n) is 4.22. The first-order valence-electron chi connectivity index (χ1n) is 9.03. The maximum absolute atomic E-state index is 12.9. The Morgan fingerprint density at radius 1 is 1.30 bits per heavy atom. The van der Waals surface area contributed by atoms with Crippen LogP contribution in [-0.2, 0) is 14.3 Å². The summed E-state index contributed by atoms with van der Waals surface area (Å²) in [7, 11) is 1.52. The number of nitrogens with zero attached hydrogens (tertiary/aromatic N) is 1. The number of carbonyl (C=O) groups excluding carboxylic acids is 1. The van der Waals surface area contributed by atoms with E-state index < -0.39 is 11.4 Å².